The van der Waals surface area contributed by atoms with Crippen LogP contribution in [-0.4, -0.2) is 11.1 Å². The van der Waals surface area contributed by atoms with Crippen molar-refractivity contribution in [2.75, 3.05) is 0 Å². The summed E-state index contributed by atoms with van der Waals surface area (Å²) in [6, 6.07) is 8.28. The minimum Gasteiger partial charge on any atom is -0.478 e. The van der Waals surface area contributed by atoms with Crippen molar-refractivity contribution in [2.24, 2.45) is 5.92 Å². The summed E-state index contributed by atoms with van der Waals surface area (Å²) in [4.78, 5) is 23.9. The average molecular weight is 310 g/mol. The van der Waals surface area contributed by atoms with Crippen molar-refractivity contribution in [1.82, 2.24) is 0 Å². The minimum atomic E-state index is -1.06. The lowest BCUT2D eigenvalue weighted by atomic mass is 9.98. The Labute approximate surface area is 133 Å². The molecule has 23 heavy (non-hydrogen) atoms. The van der Waals surface area contributed by atoms with Gasteiger partial charge >= 0.3 is 5.97 Å². The third-order valence-electron chi connectivity index (χ3n) is 3.91. The Morgan fingerprint density at radius 1 is 1.17 bits per heavy atom. The molecule has 1 N–H and O–H groups in total. The zero-order valence-electron chi connectivity index (χ0n) is 13.3. The number of carboxylic acids is 1. The molecule has 0 saturated heterocycles. The van der Waals surface area contributed by atoms with Crippen LogP contribution in [0.3, 0.4) is 0 Å². The fourth-order valence-electron chi connectivity index (χ4n) is 2.93. The molecule has 3 rings (SSSR count). The number of aryl methyl sites for hydroxylation is 1. The lowest BCUT2D eigenvalue weighted by Crippen LogP contribution is -2.06. The van der Waals surface area contributed by atoms with Gasteiger partial charge in [-0.1, -0.05) is 19.9 Å². The first-order valence-electron chi connectivity index (χ1n) is 7.60. The van der Waals surface area contributed by atoms with Gasteiger partial charge in [0.05, 0.1) is 16.3 Å². The minimum absolute atomic E-state index is 0.0826. The van der Waals surface area contributed by atoms with Crippen molar-refractivity contribution in [3.63, 3.8) is 0 Å². The SMILES string of the molecule is Cc1cc(CC(C)C)cc2c(=O)c3cc(C(=O)O)ccc3oc12. The number of hydrogen-bond acceptors (Lipinski definition) is 3. The summed E-state index contributed by atoms with van der Waals surface area (Å²) >= 11 is 0. The van der Waals surface area contributed by atoms with E-state index in [0.717, 1.165) is 17.5 Å². The lowest BCUT2D eigenvalue weighted by Gasteiger charge is -2.09. The van der Waals surface area contributed by atoms with E-state index in [1.165, 1.54) is 12.1 Å². The molecule has 0 unspecified atom stereocenters. The molecular formula is C19H18O4. The fraction of sp³-hybridized carbons (Fsp3) is 0.263. The summed E-state index contributed by atoms with van der Waals surface area (Å²) in [7, 11) is 0. The van der Waals surface area contributed by atoms with Gasteiger partial charge in [-0.15, -0.1) is 0 Å². The maximum atomic E-state index is 12.8. The third kappa shape index (κ3) is 2.72. The Morgan fingerprint density at radius 2 is 1.91 bits per heavy atom. The maximum absolute atomic E-state index is 12.8. The van der Waals surface area contributed by atoms with Crippen LogP contribution in [0.2, 0.25) is 0 Å². The molecule has 0 amide bonds. The van der Waals surface area contributed by atoms with Crippen LogP contribution in [0.15, 0.2) is 39.5 Å². The Balaban J connectivity index is 2.35. The molecule has 0 atom stereocenters. The maximum Gasteiger partial charge on any atom is 0.335 e. The number of benzene rings is 2. The number of aromatic carboxylic acids is 1. The van der Waals surface area contributed by atoms with Gasteiger partial charge in [0.2, 0.25) is 5.43 Å². The van der Waals surface area contributed by atoms with E-state index in [0.29, 0.717) is 27.9 Å². The summed E-state index contributed by atoms with van der Waals surface area (Å²) in [6.07, 6.45) is 0.878. The first-order valence-corrected chi connectivity index (χ1v) is 7.60. The zero-order chi connectivity index (χ0) is 16.7. The van der Waals surface area contributed by atoms with Crippen LogP contribution in [0.1, 0.15) is 35.3 Å². The van der Waals surface area contributed by atoms with Crippen LogP contribution in [0.4, 0.5) is 0 Å². The van der Waals surface area contributed by atoms with Gasteiger partial charge in [0.1, 0.15) is 11.2 Å². The highest BCUT2D eigenvalue weighted by molar-refractivity contribution is 5.96. The van der Waals surface area contributed by atoms with Crippen LogP contribution < -0.4 is 5.43 Å². The van der Waals surface area contributed by atoms with Gasteiger partial charge in [0, 0.05) is 0 Å². The molecule has 3 aromatic rings. The van der Waals surface area contributed by atoms with Crippen LogP contribution in [0, 0.1) is 12.8 Å². The Morgan fingerprint density at radius 3 is 2.57 bits per heavy atom. The predicted octanol–water partition coefficient (Wildman–Crippen LogP) is 4.15. The largest absolute Gasteiger partial charge is 0.478 e. The van der Waals surface area contributed by atoms with Crippen molar-refractivity contribution in [3.8, 4) is 0 Å². The standard InChI is InChI=1S/C19H18O4/c1-10(2)6-12-7-11(3)18-15(8-12)17(20)14-9-13(19(21)22)4-5-16(14)23-18/h4-5,7-10H,6H2,1-3H3,(H,21,22). The Kier molecular flexibility index (Phi) is 3.68. The molecule has 0 aliphatic heterocycles. The molecule has 2 aromatic carbocycles. The van der Waals surface area contributed by atoms with Crippen molar-refractivity contribution < 1.29 is 14.3 Å². The topological polar surface area (TPSA) is 67.5 Å². The first kappa shape index (κ1) is 15.3. The highest BCUT2D eigenvalue weighted by Crippen LogP contribution is 2.24. The summed E-state index contributed by atoms with van der Waals surface area (Å²) in [6.45, 7) is 6.18. The molecule has 1 aromatic heterocycles. The first-order chi connectivity index (χ1) is 10.9. The van der Waals surface area contributed by atoms with Gasteiger partial charge in [-0.2, -0.15) is 0 Å². The van der Waals surface area contributed by atoms with Gasteiger partial charge in [-0.05, 0) is 54.7 Å². The van der Waals surface area contributed by atoms with E-state index >= 15 is 0 Å². The molecular weight excluding hydrogens is 292 g/mol. The van der Waals surface area contributed by atoms with E-state index in [1.54, 1.807) is 6.07 Å². The molecule has 0 aliphatic carbocycles. The zero-order valence-corrected chi connectivity index (χ0v) is 13.3. The van der Waals surface area contributed by atoms with Crippen LogP contribution >= 0.6 is 0 Å². The molecule has 0 fully saturated rings. The molecule has 0 aliphatic rings. The van der Waals surface area contributed by atoms with E-state index in [1.807, 2.05) is 19.1 Å². The average Bonchev–Trinajstić information content (AvgIpc) is 2.47. The molecule has 0 bridgehead atoms. The fourth-order valence-corrected chi connectivity index (χ4v) is 2.93. The summed E-state index contributed by atoms with van der Waals surface area (Å²) in [5, 5.41) is 9.92. The Hall–Kier alpha value is -2.62. The highest BCUT2D eigenvalue weighted by atomic mass is 16.4. The van der Waals surface area contributed by atoms with Gasteiger partial charge < -0.3 is 9.52 Å². The molecule has 1 heterocycles. The molecule has 4 heteroatoms. The molecule has 118 valence electrons. The summed E-state index contributed by atoms with van der Waals surface area (Å²) in [5.41, 5.74) is 2.88. The van der Waals surface area contributed by atoms with Gasteiger partial charge in [-0.3, -0.25) is 4.79 Å². The smallest absolute Gasteiger partial charge is 0.335 e. The summed E-state index contributed by atoms with van der Waals surface area (Å²) < 4.78 is 5.86. The molecule has 0 spiro atoms. The number of carbonyl (C=O) groups is 1. The van der Waals surface area contributed by atoms with Crippen molar-refractivity contribution >= 4 is 27.9 Å². The number of fused-ring (bicyclic) bond motifs is 2. The van der Waals surface area contributed by atoms with Crippen LogP contribution in [0.5, 0.6) is 0 Å². The number of rotatable bonds is 3. The Bertz CT molecular complexity index is 980. The van der Waals surface area contributed by atoms with Crippen molar-refractivity contribution in [1.29, 1.82) is 0 Å². The highest BCUT2D eigenvalue weighted by Gasteiger charge is 2.13. The third-order valence-corrected chi connectivity index (χ3v) is 3.91. The molecule has 0 radical (unpaired) electrons. The van der Waals surface area contributed by atoms with Gasteiger partial charge in [0.15, 0.2) is 0 Å². The van der Waals surface area contributed by atoms with E-state index in [9.17, 15) is 9.59 Å². The second-order valence-corrected chi connectivity index (χ2v) is 6.33. The predicted molar refractivity (Wildman–Crippen MR) is 90.2 cm³/mol. The lowest BCUT2D eigenvalue weighted by molar-refractivity contribution is 0.0697. The van der Waals surface area contributed by atoms with Gasteiger partial charge in [0.25, 0.3) is 0 Å². The number of carboxylic acid groups (broad SMARTS) is 1. The monoisotopic (exact) mass is 310 g/mol. The second kappa shape index (κ2) is 5.54. The molecule has 4 nitrogen and oxygen atoms in total. The van der Waals surface area contributed by atoms with Crippen molar-refractivity contribution in [3.05, 3.63) is 57.2 Å². The van der Waals surface area contributed by atoms with Crippen LogP contribution in [-0.2, 0) is 6.42 Å². The van der Waals surface area contributed by atoms with Gasteiger partial charge in [-0.25, -0.2) is 4.79 Å². The van der Waals surface area contributed by atoms with E-state index in [2.05, 4.69) is 13.8 Å². The normalized spacial score (nSPS) is 11.5. The van der Waals surface area contributed by atoms with E-state index < -0.39 is 5.97 Å². The second-order valence-electron chi connectivity index (χ2n) is 6.33. The quantitative estimate of drug-likeness (QED) is 0.738. The summed E-state index contributed by atoms with van der Waals surface area (Å²) in [5.74, 6) is -0.575. The van der Waals surface area contributed by atoms with E-state index in [4.69, 9.17) is 9.52 Å². The number of hydrogen-bond donors (Lipinski definition) is 1. The van der Waals surface area contributed by atoms with E-state index in [-0.39, 0.29) is 11.0 Å². The van der Waals surface area contributed by atoms with Crippen LogP contribution in [0.25, 0.3) is 21.9 Å². The molecule has 0 saturated carbocycles. The van der Waals surface area contributed by atoms with Crippen molar-refractivity contribution in [2.45, 2.75) is 27.2 Å².